The Kier molecular flexibility index (Phi) is 5.17. The first-order valence-corrected chi connectivity index (χ1v) is 9.22. The summed E-state index contributed by atoms with van der Waals surface area (Å²) in [5.74, 6) is -0.0945. The SMILES string of the molecule is CC(=O)c1ccc(CCNC(=O)c2csc(-c3ccccc3)n2)s1. The normalized spacial score (nSPS) is 10.5. The van der Waals surface area contributed by atoms with Crippen molar-refractivity contribution >= 4 is 34.4 Å². The number of hydrogen-bond acceptors (Lipinski definition) is 5. The number of carbonyl (C=O) groups is 2. The second-order valence-electron chi connectivity index (χ2n) is 5.23. The van der Waals surface area contributed by atoms with Crippen LogP contribution in [0.5, 0.6) is 0 Å². The molecule has 1 N–H and O–H groups in total. The minimum atomic E-state index is -0.170. The lowest BCUT2D eigenvalue weighted by molar-refractivity contribution is 0.0949. The van der Waals surface area contributed by atoms with E-state index in [4.69, 9.17) is 0 Å². The van der Waals surface area contributed by atoms with Crippen LogP contribution in [0.4, 0.5) is 0 Å². The molecular formula is C18H16N2O2S2. The minimum absolute atomic E-state index is 0.0752. The third-order valence-electron chi connectivity index (χ3n) is 3.42. The summed E-state index contributed by atoms with van der Waals surface area (Å²) in [5.41, 5.74) is 1.45. The molecule has 24 heavy (non-hydrogen) atoms. The molecule has 0 aliphatic carbocycles. The maximum atomic E-state index is 12.2. The first kappa shape index (κ1) is 16.5. The lowest BCUT2D eigenvalue weighted by Crippen LogP contribution is -2.25. The average Bonchev–Trinajstić information content (AvgIpc) is 3.25. The smallest absolute Gasteiger partial charge is 0.270 e. The first-order valence-electron chi connectivity index (χ1n) is 7.52. The number of carbonyl (C=O) groups excluding carboxylic acids is 2. The topological polar surface area (TPSA) is 59.1 Å². The monoisotopic (exact) mass is 356 g/mol. The molecule has 3 aromatic rings. The quantitative estimate of drug-likeness (QED) is 0.678. The van der Waals surface area contributed by atoms with Gasteiger partial charge < -0.3 is 5.32 Å². The molecule has 0 atom stereocenters. The van der Waals surface area contributed by atoms with Gasteiger partial charge in [-0.2, -0.15) is 0 Å². The maximum absolute atomic E-state index is 12.2. The molecule has 0 radical (unpaired) electrons. The van der Waals surface area contributed by atoms with Gasteiger partial charge in [-0.25, -0.2) is 4.98 Å². The summed E-state index contributed by atoms with van der Waals surface area (Å²) in [6, 6.07) is 13.6. The van der Waals surface area contributed by atoms with E-state index in [9.17, 15) is 9.59 Å². The molecule has 0 saturated heterocycles. The number of nitrogens with one attached hydrogen (secondary N) is 1. The van der Waals surface area contributed by atoms with Gasteiger partial charge in [0.05, 0.1) is 4.88 Å². The number of Topliss-reactive ketones (excluding diaryl/α,β-unsaturated/α-hetero) is 1. The molecule has 122 valence electrons. The van der Waals surface area contributed by atoms with Gasteiger partial charge in [-0.15, -0.1) is 22.7 Å². The molecule has 0 saturated carbocycles. The lowest BCUT2D eigenvalue weighted by Gasteiger charge is -2.01. The summed E-state index contributed by atoms with van der Waals surface area (Å²) in [7, 11) is 0. The maximum Gasteiger partial charge on any atom is 0.270 e. The van der Waals surface area contributed by atoms with Crippen molar-refractivity contribution in [1.29, 1.82) is 0 Å². The summed E-state index contributed by atoms with van der Waals surface area (Å²) in [6.45, 7) is 2.08. The second-order valence-corrected chi connectivity index (χ2v) is 7.26. The summed E-state index contributed by atoms with van der Waals surface area (Å²) >= 11 is 2.94. The number of amides is 1. The summed E-state index contributed by atoms with van der Waals surface area (Å²) < 4.78 is 0. The van der Waals surface area contributed by atoms with Crippen LogP contribution in [-0.4, -0.2) is 23.2 Å². The van der Waals surface area contributed by atoms with Crippen molar-refractivity contribution in [3.63, 3.8) is 0 Å². The van der Waals surface area contributed by atoms with Gasteiger partial charge in [0.2, 0.25) is 0 Å². The standard InChI is InChI=1S/C18H16N2O2S2/c1-12(21)16-8-7-14(24-16)9-10-19-17(22)15-11-23-18(20-15)13-5-3-2-4-6-13/h2-8,11H,9-10H2,1H3,(H,19,22). The Bertz CT molecular complexity index is 853. The number of aromatic nitrogens is 1. The van der Waals surface area contributed by atoms with Gasteiger partial charge in [0.25, 0.3) is 5.91 Å². The van der Waals surface area contributed by atoms with Crippen molar-refractivity contribution in [1.82, 2.24) is 10.3 Å². The summed E-state index contributed by atoms with van der Waals surface area (Å²) in [5, 5.41) is 5.49. The lowest BCUT2D eigenvalue weighted by atomic mass is 10.2. The molecule has 1 amide bonds. The highest BCUT2D eigenvalue weighted by Crippen LogP contribution is 2.23. The molecule has 2 aromatic heterocycles. The number of thiazole rings is 1. The molecule has 0 spiro atoms. The fourth-order valence-corrected chi connectivity index (χ4v) is 3.89. The molecule has 0 fully saturated rings. The predicted octanol–water partition coefficient (Wildman–Crippen LogP) is 4.05. The van der Waals surface area contributed by atoms with Gasteiger partial charge in [-0.1, -0.05) is 30.3 Å². The van der Waals surface area contributed by atoms with E-state index in [-0.39, 0.29) is 11.7 Å². The van der Waals surface area contributed by atoms with Gasteiger partial charge in [0.1, 0.15) is 10.7 Å². The van der Waals surface area contributed by atoms with Crippen LogP contribution < -0.4 is 5.32 Å². The van der Waals surface area contributed by atoms with Gasteiger partial charge in [-0.05, 0) is 25.5 Å². The Labute approximate surface area is 148 Å². The van der Waals surface area contributed by atoms with Crippen LogP contribution in [0.15, 0.2) is 47.8 Å². The fourth-order valence-electron chi connectivity index (χ4n) is 2.18. The van der Waals surface area contributed by atoms with Gasteiger partial charge in [0, 0.05) is 22.4 Å². The number of nitrogens with zero attached hydrogens (tertiary/aromatic N) is 1. The zero-order chi connectivity index (χ0) is 16.9. The van der Waals surface area contributed by atoms with E-state index in [0.717, 1.165) is 20.3 Å². The number of benzene rings is 1. The van der Waals surface area contributed by atoms with Crippen LogP contribution in [0.25, 0.3) is 10.6 Å². The minimum Gasteiger partial charge on any atom is -0.350 e. The molecule has 3 rings (SSSR count). The summed E-state index contributed by atoms with van der Waals surface area (Å²) in [6.07, 6.45) is 0.708. The van der Waals surface area contributed by atoms with Crippen LogP contribution in [0.1, 0.15) is 32.0 Å². The summed E-state index contributed by atoms with van der Waals surface area (Å²) in [4.78, 5) is 29.7. The van der Waals surface area contributed by atoms with E-state index in [1.807, 2.05) is 42.5 Å². The first-order chi connectivity index (χ1) is 11.6. The van der Waals surface area contributed by atoms with Crippen LogP contribution in [0, 0.1) is 0 Å². The average molecular weight is 356 g/mol. The van der Waals surface area contributed by atoms with Gasteiger partial charge in [0.15, 0.2) is 5.78 Å². The van der Waals surface area contributed by atoms with Crippen molar-refractivity contribution in [2.45, 2.75) is 13.3 Å². The van der Waals surface area contributed by atoms with Gasteiger partial charge in [-0.3, -0.25) is 9.59 Å². The highest BCUT2D eigenvalue weighted by molar-refractivity contribution is 7.14. The van der Waals surface area contributed by atoms with Crippen LogP contribution in [-0.2, 0) is 6.42 Å². The van der Waals surface area contributed by atoms with E-state index < -0.39 is 0 Å². The van der Waals surface area contributed by atoms with Crippen molar-refractivity contribution < 1.29 is 9.59 Å². The van der Waals surface area contributed by atoms with Crippen molar-refractivity contribution in [3.8, 4) is 10.6 Å². The fraction of sp³-hybridized carbons (Fsp3) is 0.167. The zero-order valence-corrected chi connectivity index (χ0v) is 14.7. The zero-order valence-electron chi connectivity index (χ0n) is 13.1. The van der Waals surface area contributed by atoms with E-state index in [2.05, 4.69) is 10.3 Å². The molecule has 0 bridgehead atoms. The Morgan fingerprint density at radius 1 is 1.12 bits per heavy atom. The number of rotatable bonds is 6. The molecule has 0 aliphatic rings. The number of hydrogen-bond donors (Lipinski definition) is 1. The van der Waals surface area contributed by atoms with Crippen molar-refractivity contribution in [3.05, 3.63) is 63.3 Å². The molecule has 6 heteroatoms. The molecule has 0 aliphatic heterocycles. The molecule has 4 nitrogen and oxygen atoms in total. The van der Waals surface area contributed by atoms with Crippen LogP contribution in [0.2, 0.25) is 0 Å². The number of thiophene rings is 1. The molecule has 1 aromatic carbocycles. The Morgan fingerprint density at radius 2 is 1.92 bits per heavy atom. The Hall–Kier alpha value is -2.31. The van der Waals surface area contributed by atoms with Crippen LogP contribution in [0.3, 0.4) is 0 Å². The molecule has 0 unspecified atom stereocenters. The van der Waals surface area contributed by atoms with E-state index >= 15 is 0 Å². The third-order valence-corrected chi connectivity index (χ3v) is 5.56. The van der Waals surface area contributed by atoms with E-state index in [0.29, 0.717) is 18.7 Å². The molecular weight excluding hydrogens is 340 g/mol. The van der Waals surface area contributed by atoms with E-state index in [1.54, 1.807) is 12.3 Å². The Morgan fingerprint density at radius 3 is 2.62 bits per heavy atom. The molecule has 2 heterocycles. The number of ketones is 1. The third kappa shape index (κ3) is 3.96. The largest absolute Gasteiger partial charge is 0.350 e. The second kappa shape index (κ2) is 7.51. The van der Waals surface area contributed by atoms with Crippen LogP contribution >= 0.6 is 22.7 Å². The van der Waals surface area contributed by atoms with E-state index in [1.165, 1.54) is 22.7 Å². The highest BCUT2D eigenvalue weighted by atomic mass is 32.1. The predicted molar refractivity (Wildman–Crippen MR) is 97.9 cm³/mol. The highest BCUT2D eigenvalue weighted by Gasteiger charge is 2.11. The van der Waals surface area contributed by atoms with Crippen molar-refractivity contribution in [2.75, 3.05) is 6.54 Å². The van der Waals surface area contributed by atoms with Crippen molar-refractivity contribution in [2.24, 2.45) is 0 Å². The Balaban J connectivity index is 1.55. The van der Waals surface area contributed by atoms with Gasteiger partial charge >= 0.3 is 0 Å².